The molecule has 0 saturated heterocycles. The molecular formula is C11H17Sb. The van der Waals surface area contributed by atoms with Crippen molar-refractivity contribution in [3.8, 4) is 0 Å². The van der Waals surface area contributed by atoms with Gasteiger partial charge < -0.3 is 0 Å². The fraction of sp³-hybridized carbons (Fsp3) is 0.455. The van der Waals surface area contributed by atoms with Gasteiger partial charge in [-0.3, -0.25) is 0 Å². The average molecular weight is 271 g/mol. The fourth-order valence-electron chi connectivity index (χ4n) is 1.48. The fourth-order valence-corrected chi connectivity index (χ4v) is 7.19. The van der Waals surface area contributed by atoms with Crippen LogP contribution in [0.2, 0.25) is 8.73 Å². The second-order valence-electron chi connectivity index (χ2n) is 2.96. The summed E-state index contributed by atoms with van der Waals surface area (Å²) in [7, 11) is 0. The molecule has 1 heteroatoms. The zero-order valence-corrected chi connectivity index (χ0v) is 10.7. The summed E-state index contributed by atoms with van der Waals surface area (Å²) in [4.78, 5) is 0. The van der Waals surface area contributed by atoms with E-state index in [2.05, 4.69) is 45.0 Å². The second-order valence-corrected chi connectivity index (χ2v) is 11.0. The van der Waals surface area contributed by atoms with Crippen LogP contribution >= 0.6 is 0 Å². The van der Waals surface area contributed by atoms with Crippen LogP contribution in [-0.2, 0) is 0 Å². The van der Waals surface area contributed by atoms with Gasteiger partial charge in [-0.2, -0.15) is 0 Å². The summed E-state index contributed by atoms with van der Waals surface area (Å²) in [6.07, 6.45) is 0. The van der Waals surface area contributed by atoms with Crippen molar-refractivity contribution in [3.05, 3.63) is 29.8 Å². The predicted molar refractivity (Wildman–Crippen MR) is 57.5 cm³/mol. The molecule has 1 rings (SSSR count). The molecule has 0 bridgehead atoms. The van der Waals surface area contributed by atoms with E-state index >= 15 is 0 Å². The molecule has 0 saturated carbocycles. The summed E-state index contributed by atoms with van der Waals surface area (Å²) in [5.74, 6) is 0. The van der Waals surface area contributed by atoms with Gasteiger partial charge in [0.05, 0.1) is 0 Å². The van der Waals surface area contributed by atoms with E-state index < -0.39 is 20.2 Å². The molecule has 12 heavy (non-hydrogen) atoms. The quantitative estimate of drug-likeness (QED) is 0.741. The van der Waals surface area contributed by atoms with E-state index in [0.717, 1.165) is 0 Å². The van der Waals surface area contributed by atoms with Crippen LogP contribution in [-0.4, -0.2) is 20.2 Å². The van der Waals surface area contributed by atoms with Gasteiger partial charge in [-0.15, -0.1) is 0 Å². The van der Waals surface area contributed by atoms with E-state index in [-0.39, 0.29) is 0 Å². The van der Waals surface area contributed by atoms with Crippen LogP contribution in [0.15, 0.2) is 24.3 Å². The van der Waals surface area contributed by atoms with Crippen LogP contribution < -0.4 is 3.51 Å². The van der Waals surface area contributed by atoms with Gasteiger partial charge in [0.25, 0.3) is 0 Å². The van der Waals surface area contributed by atoms with Crippen molar-refractivity contribution in [2.45, 2.75) is 29.5 Å². The second kappa shape index (κ2) is 4.92. The molecule has 0 aromatic heterocycles. The molecule has 0 N–H and O–H groups in total. The number of aryl methyl sites for hydroxylation is 1. The summed E-state index contributed by atoms with van der Waals surface area (Å²) in [5, 5.41) is 0. The Bertz CT molecular complexity index is 239. The van der Waals surface area contributed by atoms with Crippen LogP contribution in [0, 0.1) is 6.92 Å². The Morgan fingerprint density at radius 3 is 2.17 bits per heavy atom. The molecule has 0 aliphatic carbocycles. The van der Waals surface area contributed by atoms with Crippen molar-refractivity contribution in [2.24, 2.45) is 0 Å². The van der Waals surface area contributed by atoms with Crippen LogP contribution in [0.4, 0.5) is 0 Å². The first kappa shape index (κ1) is 10.1. The predicted octanol–water partition coefficient (Wildman–Crippen LogP) is 2.74. The Morgan fingerprint density at radius 2 is 1.67 bits per heavy atom. The standard InChI is InChI=1S/C7H7.2C2H5.Sb/c1-7-5-3-2-4-6-7;2*1-2;/h2-5H,1H3;2*1H2,2H3;. The Labute approximate surface area is 83.0 Å². The molecule has 1 aromatic rings. The maximum absolute atomic E-state index is 2.35. The number of hydrogen-bond donors (Lipinski definition) is 0. The maximum atomic E-state index is 2.35. The van der Waals surface area contributed by atoms with E-state index in [9.17, 15) is 0 Å². The van der Waals surface area contributed by atoms with Crippen LogP contribution in [0.3, 0.4) is 0 Å². The summed E-state index contributed by atoms with van der Waals surface area (Å²) in [6.45, 7) is 6.94. The van der Waals surface area contributed by atoms with Crippen molar-refractivity contribution in [2.75, 3.05) is 0 Å². The van der Waals surface area contributed by atoms with Gasteiger partial charge in [0.1, 0.15) is 0 Å². The van der Waals surface area contributed by atoms with Crippen molar-refractivity contribution in [3.63, 3.8) is 0 Å². The Hall–Kier alpha value is 0.0382. The Kier molecular flexibility index (Phi) is 4.15. The molecular weight excluding hydrogens is 254 g/mol. The molecule has 0 aliphatic rings. The number of rotatable bonds is 3. The van der Waals surface area contributed by atoms with E-state index in [1.165, 1.54) is 14.3 Å². The normalized spacial score (nSPS) is 10.7. The SMILES string of the molecule is C[CH2][Sb]([CH2]C)[c]1ccccc1C. The molecule has 0 unspecified atom stereocenters. The van der Waals surface area contributed by atoms with Gasteiger partial charge in [0.15, 0.2) is 0 Å². The first-order valence-electron chi connectivity index (χ1n) is 4.60. The first-order valence-corrected chi connectivity index (χ1v) is 9.48. The summed E-state index contributed by atoms with van der Waals surface area (Å²) < 4.78 is 4.58. The van der Waals surface area contributed by atoms with Crippen molar-refractivity contribution in [1.82, 2.24) is 0 Å². The molecule has 66 valence electrons. The monoisotopic (exact) mass is 270 g/mol. The zero-order chi connectivity index (χ0) is 8.97. The van der Waals surface area contributed by atoms with Gasteiger partial charge in [-0.1, -0.05) is 0 Å². The summed E-state index contributed by atoms with van der Waals surface area (Å²) >= 11 is -1.02. The minimum atomic E-state index is -1.02. The first-order chi connectivity index (χ1) is 5.79. The molecule has 0 radical (unpaired) electrons. The van der Waals surface area contributed by atoms with E-state index in [4.69, 9.17) is 0 Å². The Balaban J connectivity index is 2.92. The molecule has 0 heterocycles. The molecule has 0 atom stereocenters. The van der Waals surface area contributed by atoms with Gasteiger partial charge in [-0.05, 0) is 0 Å². The van der Waals surface area contributed by atoms with E-state index in [0.29, 0.717) is 0 Å². The summed E-state index contributed by atoms with van der Waals surface area (Å²) in [6, 6.07) is 8.91. The molecule has 0 aliphatic heterocycles. The molecule has 1 aromatic carbocycles. The number of hydrogen-bond acceptors (Lipinski definition) is 0. The molecule has 0 spiro atoms. The van der Waals surface area contributed by atoms with Crippen LogP contribution in [0.1, 0.15) is 19.4 Å². The zero-order valence-electron chi connectivity index (χ0n) is 8.17. The third-order valence-electron chi connectivity index (χ3n) is 2.22. The van der Waals surface area contributed by atoms with Crippen LogP contribution in [0.25, 0.3) is 0 Å². The number of benzene rings is 1. The minimum absolute atomic E-state index is 1.02. The third kappa shape index (κ3) is 2.26. The molecule has 0 nitrogen and oxygen atoms in total. The molecule has 0 amide bonds. The van der Waals surface area contributed by atoms with Gasteiger partial charge in [0.2, 0.25) is 0 Å². The third-order valence-corrected chi connectivity index (χ3v) is 9.95. The van der Waals surface area contributed by atoms with E-state index in [1.54, 1.807) is 3.51 Å². The Morgan fingerprint density at radius 1 is 1.08 bits per heavy atom. The average Bonchev–Trinajstić information content (AvgIpc) is 2.10. The van der Waals surface area contributed by atoms with Crippen molar-refractivity contribution >= 4 is 23.7 Å². The van der Waals surface area contributed by atoms with Crippen molar-refractivity contribution in [1.29, 1.82) is 0 Å². The van der Waals surface area contributed by atoms with Gasteiger partial charge in [0, 0.05) is 0 Å². The van der Waals surface area contributed by atoms with Gasteiger partial charge in [-0.25, -0.2) is 0 Å². The van der Waals surface area contributed by atoms with Crippen molar-refractivity contribution < 1.29 is 0 Å². The molecule has 0 fully saturated rings. The van der Waals surface area contributed by atoms with Gasteiger partial charge >= 0.3 is 83.1 Å². The summed E-state index contributed by atoms with van der Waals surface area (Å²) in [5.41, 5.74) is 1.52. The van der Waals surface area contributed by atoms with E-state index in [1.807, 2.05) is 0 Å². The topological polar surface area (TPSA) is 0 Å². The van der Waals surface area contributed by atoms with Crippen LogP contribution in [0.5, 0.6) is 0 Å².